The van der Waals surface area contributed by atoms with Gasteiger partial charge in [-0.2, -0.15) is 5.10 Å². The maximum absolute atomic E-state index is 12.9. The second-order valence-electron chi connectivity index (χ2n) is 7.82. The Morgan fingerprint density at radius 3 is 2.62 bits per heavy atom. The monoisotopic (exact) mass is 462 g/mol. The van der Waals surface area contributed by atoms with Gasteiger partial charge in [-0.25, -0.2) is 5.01 Å². The van der Waals surface area contributed by atoms with Crippen LogP contribution < -0.4 is 9.47 Å². The van der Waals surface area contributed by atoms with Gasteiger partial charge in [0.2, 0.25) is 0 Å². The largest absolute Gasteiger partial charge is 0.497 e. The molecule has 0 radical (unpaired) electrons. The van der Waals surface area contributed by atoms with Crippen molar-refractivity contribution in [2.24, 2.45) is 5.10 Å². The fourth-order valence-corrected chi connectivity index (χ4v) is 3.64. The van der Waals surface area contributed by atoms with Gasteiger partial charge in [0, 0.05) is 6.42 Å². The van der Waals surface area contributed by atoms with Gasteiger partial charge in [0.15, 0.2) is 6.61 Å². The third kappa shape index (κ3) is 5.64. The molecule has 3 aromatic rings. The van der Waals surface area contributed by atoms with Crippen LogP contribution >= 0.6 is 0 Å². The number of hydrogen-bond acceptors (Lipinski definition) is 7. The average Bonchev–Trinajstić information content (AvgIpc) is 3.53. The number of furan rings is 1. The van der Waals surface area contributed by atoms with Gasteiger partial charge < -0.3 is 18.6 Å². The summed E-state index contributed by atoms with van der Waals surface area (Å²) in [7, 11) is 1.60. The summed E-state index contributed by atoms with van der Waals surface area (Å²) in [4.78, 5) is 25.1. The molecule has 1 amide bonds. The summed E-state index contributed by atoms with van der Waals surface area (Å²) in [5, 5.41) is 5.85. The first kappa shape index (κ1) is 23.1. The first-order valence-electron chi connectivity index (χ1n) is 11.0. The average molecular weight is 463 g/mol. The summed E-state index contributed by atoms with van der Waals surface area (Å²) in [5.74, 6) is 1.07. The van der Waals surface area contributed by atoms with Crippen LogP contribution in [0.4, 0.5) is 0 Å². The summed E-state index contributed by atoms with van der Waals surface area (Å²) in [5.41, 5.74) is 2.67. The van der Waals surface area contributed by atoms with Crippen molar-refractivity contribution in [3.05, 3.63) is 83.8 Å². The van der Waals surface area contributed by atoms with Crippen LogP contribution in [0.5, 0.6) is 11.5 Å². The van der Waals surface area contributed by atoms with E-state index in [-0.39, 0.29) is 13.0 Å². The number of amides is 1. The minimum atomic E-state index is -0.519. The lowest BCUT2D eigenvalue weighted by Gasteiger charge is -2.19. The second-order valence-corrected chi connectivity index (χ2v) is 7.82. The van der Waals surface area contributed by atoms with E-state index in [1.54, 1.807) is 25.5 Å². The summed E-state index contributed by atoms with van der Waals surface area (Å²) in [6, 6.07) is 18.1. The third-order valence-corrected chi connectivity index (χ3v) is 5.38. The Morgan fingerprint density at radius 2 is 1.91 bits per heavy atom. The van der Waals surface area contributed by atoms with Gasteiger partial charge in [0.1, 0.15) is 23.3 Å². The molecule has 0 saturated heterocycles. The van der Waals surface area contributed by atoms with Crippen LogP contribution in [0.3, 0.4) is 0 Å². The second kappa shape index (κ2) is 10.7. The Labute approximate surface area is 197 Å². The molecule has 1 atom stereocenters. The highest BCUT2D eigenvalue weighted by atomic mass is 16.5. The number of carbonyl (C=O) groups is 2. The molecule has 1 unspecified atom stereocenters. The Hall–Kier alpha value is -4.07. The highest BCUT2D eigenvalue weighted by Crippen LogP contribution is 2.33. The van der Waals surface area contributed by atoms with Crippen LogP contribution in [0.2, 0.25) is 0 Å². The lowest BCUT2D eigenvalue weighted by molar-refractivity contribution is -0.153. The van der Waals surface area contributed by atoms with Gasteiger partial charge in [0.05, 0.1) is 32.1 Å². The number of carbonyl (C=O) groups excluding carboxylic acids is 2. The van der Waals surface area contributed by atoms with Gasteiger partial charge in [-0.05, 0) is 66.6 Å². The van der Waals surface area contributed by atoms with Gasteiger partial charge in [-0.15, -0.1) is 0 Å². The fourth-order valence-electron chi connectivity index (χ4n) is 3.64. The van der Waals surface area contributed by atoms with Crippen LogP contribution in [0.1, 0.15) is 35.8 Å². The lowest BCUT2D eigenvalue weighted by Crippen LogP contribution is -2.31. The molecule has 0 spiro atoms. The Bertz CT molecular complexity index is 1150. The first-order valence-corrected chi connectivity index (χ1v) is 11.0. The van der Waals surface area contributed by atoms with Crippen molar-refractivity contribution in [3.63, 3.8) is 0 Å². The predicted molar refractivity (Wildman–Crippen MR) is 125 cm³/mol. The standard InChI is InChI=1S/C26H26N2O6/c1-18-5-3-6-21(15-18)32-14-12-26(30)34-17-25(29)28-23(24-7-4-13-33-24)16-22(27-28)19-8-10-20(31-2)11-9-19/h3-11,13,15,23H,12,14,16-17H2,1-2H3. The highest BCUT2D eigenvalue weighted by molar-refractivity contribution is 6.03. The van der Waals surface area contributed by atoms with E-state index in [2.05, 4.69) is 5.10 Å². The number of rotatable bonds is 9. The minimum Gasteiger partial charge on any atom is -0.497 e. The molecule has 4 rings (SSSR count). The molecule has 176 valence electrons. The molecular weight excluding hydrogens is 436 g/mol. The van der Waals surface area contributed by atoms with Crippen LogP contribution in [-0.2, 0) is 14.3 Å². The van der Waals surface area contributed by atoms with E-state index in [0.29, 0.717) is 17.9 Å². The molecule has 34 heavy (non-hydrogen) atoms. The Kier molecular flexibility index (Phi) is 7.27. The van der Waals surface area contributed by atoms with Crippen molar-refractivity contribution in [1.29, 1.82) is 0 Å². The molecule has 8 heteroatoms. The van der Waals surface area contributed by atoms with Gasteiger partial charge in [0.25, 0.3) is 5.91 Å². The van der Waals surface area contributed by atoms with Gasteiger partial charge in [-0.1, -0.05) is 12.1 Å². The van der Waals surface area contributed by atoms with E-state index >= 15 is 0 Å². The maximum atomic E-state index is 12.9. The number of ether oxygens (including phenoxy) is 3. The zero-order chi connectivity index (χ0) is 23.9. The van der Waals surface area contributed by atoms with Gasteiger partial charge in [-0.3, -0.25) is 9.59 Å². The molecule has 8 nitrogen and oxygen atoms in total. The molecule has 1 aliphatic heterocycles. The van der Waals surface area contributed by atoms with Gasteiger partial charge >= 0.3 is 5.97 Å². The van der Waals surface area contributed by atoms with E-state index in [0.717, 1.165) is 22.6 Å². The zero-order valence-corrected chi connectivity index (χ0v) is 19.1. The van der Waals surface area contributed by atoms with E-state index in [9.17, 15) is 9.59 Å². The smallest absolute Gasteiger partial charge is 0.309 e. The van der Waals surface area contributed by atoms with Crippen LogP contribution in [0.15, 0.2) is 76.4 Å². The third-order valence-electron chi connectivity index (χ3n) is 5.38. The summed E-state index contributed by atoms with van der Waals surface area (Å²) in [6.07, 6.45) is 2.06. The molecular formula is C26H26N2O6. The minimum absolute atomic E-state index is 0.0310. The number of methoxy groups -OCH3 is 1. The quantitative estimate of drug-likeness (QED) is 0.441. The van der Waals surface area contributed by atoms with Crippen molar-refractivity contribution in [2.45, 2.75) is 25.8 Å². The van der Waals surface area contributed by atoms with Crippen LogP contribution in [-0.4, -0.2) is 42.9 Å². The van der Waals surface area contributed by atoms with E-state index in [1.165, 1.54) is 5.01 Å². The molecule has 0 fully saturated rings. The Balaban J connectivity index is 1.35. The summed E-state index contributed by atoms with van der Waals surface area (Å²) < 4.78 is 21.5. The van der Waals surface area contributed by atoms with Crippen molar-refractivity contribution < 1.29 is 28.2 Å². The topological polar surface area (TPSA) is 90.6 Å². The van der Waals surface area contributed by atoms with E-state index in [1.807, 2.05) is 55.5 Å². The van der Waals surface area contributed by atoms with Crippen LogP contribution in [0, 0.1) is 6.92 Å². The number of benzene rings is 2. The van der Waals surface area contributed by atoms with Crippen molar-refractivity contribution >= 4 is 17.6 Å². The number of hydrogen-bond donors (Lipinski definition) is 0. The maximum Gasteiger partial charge on any atom is 0.309 e. The molecule has 0 aliphatic carbocycles. The Morgan fingerprint density at radius 1 is 1.09 bits per heavy atom. The zero-order valence-electron chi connectivity index (χ0n) is 19.1. The molecule has 0 N–H and O–H groups in total. The first-order chi connectivity index (χ1) is 16.5. The molecule has 0 bridgehead atoms. The molecule has 2 aromatic carbocycles. The SMILES string of the molecule is COc1ccc(C2=NN(C(=O)COC(=O)CCOc3cccc(C)c3)C(c3ccco3)C2)cc1. The molecule has 0 saturated carbocycles. The number of nitrogens with zero attached hydrogens (tertiary/aromatic N) is 2. The highest BCUT2D eigenvalue weighted by Gasteiger charge is 2.35. The number of aryl methyl sites for hydroxylation is 1. The molecule has 1 aromatic heterocycles. The normalized spacial score (nSPS) is 15.1. The van der Waals surface area contributed by atoms with Crippen molar-refractivity contribution in [2.75, 3.05) is 20.3 Å². The lowest BCUT2D eigenvalue weighted by atomic mass is 10.0. The summed E-state index contributed by atoms with van der Waals surface area (Å²) in [6.45, 7) is 1.71. The number of hydrazone groups is 1. The van der Waals surface area contributed by atoms with Crippen molar-refractivity contribution in [3.8, 4) is 11.5 Å². The summed E-state index contributed by atoms with van der Waals surface area (Å²) >= 11 is 0. The predicted octanol–water partition coefficient (Wildman–Crippen LogP) is 4.29. The molecule has 1 aliphatic rings. The van der Waals surface area contributed by atoms with E-state index < -0.39 is 24.5 Å². The van der Waals surface area contributed by atoms with Crippen LogP contribution in [0.25, 0.3) is 0 Å². The van der Waals surface area contributed by atoms with E-state index in [4.69, 9.17) is 18.6 Å². The fraction of sp³-hybridized carbons (Fsp3) is 0.269. The van der Waals surface area contributed by atoms with Crippen molar-refractivity contribution in [1.82, 2.24) is 5.01 Å². The molecule has 2 heterocycles. The number of esters is 1.